The summed E-state index contributed by atoms with van der Waals surface area (Å²) in [5, 5.41) is 7.04. The lowest BCUT2D eigenvalue weighted by Crippen LogP contribution is -2.14. The molecule has 0 radical (unpaired) electrons. The topological polar surface area (TPSA) is 82.5 Å². The molecule has 35 heavy (non-hydrogen) atoms. The molecule has 0 atom stereocenters. The molecule has 0 spiro atoms. The summed E-state index contributed by atoms with van der Waals surface area (Å²) in [6.07, 6.45) is -3.83. The molecule has 0 aliphatic carbocycles. The second kappa shape index (κ2) is 10.6. The molecular formula is C25H26F3N3O4. The molecule has 0 unspecified atom stereocenters. The average molecular weight is 489 g/mol. The number of aryl methyl sites for hydroxylation is 1. The number of aromatic nitrogens is 2. The second-order valence-corrected chi connectivity index (χ2v) is 7.78. The van der Waals surface area contributed by atoms with Gasteiger partial charge in [0.15, 0.2) is 0 Å². The highest BCUT2D eigenvalue weighted by Crippen LogP contribution is 2.35. The minimum absolute atomic E-state index is 0.0652. The molecule has 186 valence electrons. The number of esters is 1. The van der Waals surface area contributed by atoms with Gasteiger partial charge in [0.25, 0.3) is 5.91 Å². The molecule has 2 aromatic carbocycles. The third kappa shape index (κ3) is 6.00. The van der Waals surface area contributed by atoms with E-state index in [9.17, 15) is 22.8 Å². The van der Waals surface area contributed by atoms with Gasteiger partial charge in [-0.2, -0.15) is 18.3 Å². The van der Waals surface area contributed by atoms with Gasteiger partial charge in [-0.05, 0) is 75.2 Å². The van der Waals surface area contributed by atoms with Crippen LogP contribution in [0.4, 0.5) is 18.9 Å². The van der Waals surface area contributed by atoms with Crippen molar-refractivity contribution in [2.24, 2.45) is 0 Å². The number of ether oxygens (including phenoxy) is 2. The molecule has 7 nitrogen and oxygen atoms in total. The summed E-state index contributed by atoms with van der Waals surface area (Å²) in [6.45, 7) is 5.66. The Hall–Kier alpha value is -3.82. The first kappa shape index (κ1) is 25.8. The van der Waals surface area contributed by atoms with Crippen molar-refractivity contribution >= 4 is 17.6 Å². The molecule has 0 fully saturated rings. The van der Waals surface area contributed by atoms with Crippen LogP contribution in [0.25, 0.3) is 5.69 Å². The number of rotatable bonds is 8. The molecule has 0 aliphatic heterocycles. The van der Waals surface area contributed by atoms with E-state index in [1.54, 1.807) is 35.9 Å². The Labute approximate surface area is 200 Å². The van der Waals surface area contributed by atoms with Crippen LogP contribution in [0.5, 0.6) is 5.75 Å². The summed E-state index contributed by atoms with van der Waals surface area (Å²) in [4.78, 5) is 24.3. The molecule has 0 saturated heterocycles. The summed E-state index contributed by atoms with van der Waals surface area (Å²) in [5.41, 5.74) is 2.56. The number of carbonyl (C=O) groups is 2. The maximum atomic E-state index is 13.1. The SMILES string of the molecule is CCOc1ccc(C(F)(F)F)cc1NC(=O)c1ccc(-n2nc(C)c(CCC(=O)OC)c2C)cc1. The summed E-state index contributed by atoms with van der Waals surface area (Å²) in [6, 6.07) is 9.44. The second-order valence-electron chi connectivity index (χ2n) is 7.78. The first-order valence-corrected chi connectivity index (χ1v) is 10.9. The van der Waals surface area contributed by atoms with Crippen LogP contribution in [0, 0.1) is 13.8 Å². The van der Waals surface area contributed by atoms with Gasteiger partial charge in [0.05, 0.1) is 36.3 Å². The fourth-order valence-corrected chi connectivity index (χ4v) is 3.65. The number of benzene rings is 2. The van der Waals surface area contributed by atoms with Gasteiger partial charge in [-0.15, -0.1) is 0 Å². The molecular weight excluding hydrogens is 463 g/mol. The van der Waals surface area contributed by atoms with E-state index in [4.69, 9.17) is 9.47 Å². The Morgan fingerprint density at radius 1 is 1.09 bits per heavy atom. The smallest absolute Gasteiger partial charge is 0.416 e. The standard InChI is InChI=1S/C25H26F3N3O4/c1-5-35-22-12-8-18(25(26,27)28)14-21(22)29-24(33)17-6-9-19(10-7-17)31-16(3)20(15(2)30-31)11-13-23(32)34-4/h6-10,12,14H,5,11,13H2,1-4H3,(H,29,33). The van der Waals surface area contributed by atoms with Gasteiger partial charge in [0, 0.05) is 17.7 Å². The van der Waals surface area contributed by atoms with E-state index in [-0.39, 0.29) is 36.0 Å². The van der Waals surface area contributed by atoms with Gasteiger partial charge in [-0.1, -0.05) is 0 Å². The average Bonchev–Trinajstić information content (AvgIpc) is 3.11. The molecule has 10 heteroatoms. The van der Waals surface area contributed by atoms with E-state index in [2.05, 4.69) is 10.4 Å². The highest BCUT2D eigenvalue weighted by Gasteiger charge is 2.31. The Morgan fingerprint density at radius 2 is 1.77 bits per heavy atom. The van der Waals surface area contributed by atoms with Gasteiger partial charge in [-0.25, -0.2) is 4.68 Å². The number of halogens is 3. The number of hydrogen-bond donors (Lipinski definition) is 1. The molecule has 3 rings (SSSR count). The zero-order valence-corrected chi connectivity index (χ0v) is 19.8. The van der Waals surface area contributed by atoms with Crippen molar-refractivity contribution in [2.45, 2.75) is 39.8 Å². The predicted octanol–water partition coefficient (Wildman–Crippen LogP) is 5.26. The van der Waals surface area contributed by atoms with Gasteiger partial charge >= 0.3 is 12.1 Å². The van der Waals surface area contributed by atoms with Crippen molar-refractivity contribution in [3.05, 3.63) is 70.5 Å². The fraction of sp³-hybridized carbons (Fsp3) is 0.320. The number of methoxy groups -OCH3 is 1. The van der Waals surface area contributed by atoms with E-state index in [1.165, 1.54) is 13.2 Å². The van der Waals surface area contributed by atoms with Crippen LogP contribution in [0.1, 0.15) is 46.2 Å². The molecule has 0 aliphatic rings. The largest absolute Gasteiger partial charge is 0.492 e. The summed E-state index contributed by atoms with van der Waals surface area (Å²) >= 11 is 0. The third-order valence-corrected chi connectivity index (χ3v) is 5.48. The minimum Gasteiger partial charge on any atom is -0.492 e. The van der Waals surface area contributed by atoms with E-state index >= 15 is 0 Å². The van der Waals surface area contributed by atoms with Crippen LogP contribution in [0.15, 0.2) is 42.5 Å². The Balaban J connectivity index is 1.81. The Kier molecular flexibility index (Phi) is 7.83. The van der Waals surface area contributed by atoms with E-state index in [0.717, 1.165) is 29.1 Å². The Bertz CT molecular complexity index is 1220. The van der Waals surface area contributed by atoms with Crippen LogP contribution in [0.2, 0.25) is 0 Å². The first-order valence-electron chi connectivity index (χ1n) is 10.9. The van der Waals surface area contributed by atoms with E-state index < -0.39 is 17.6 Å². The van der Waals surface area contributed by atoms with Crippen molar-refractivity contribution < 1.29 is 32.2 Å². The quantitative estimate of drug-likeness (QED) is 0.436. The number of carbonyl (C=O) groups excluding carboxylic acids is 2. The summed E-state index contributed by atoms with van der Waals surface area (Å²) in [5.74, 6) is -0.739. The zero-order chi connectivity index (χ0) is 25.8. The molecule has 1 aromatic heterocycles. The third-order valence-electron chi connectivity index (χ3n) is 5.48. The number of anilines is 1. The van der Waals surface area contributed by atoms with Gasteiger partial charge < -0.3 is 14.8 Å². The first-order chi connectivity index (χ1) is 16.5. The maximum absolute atomic E-state index is 13.1. The van der Waals surface area contributed by atoms with Crippen LogP contribution < -0.4 is 10.1 Å². The highest BCUT2D eigenvalue weighted by atomic mass is 19.4. The number of nitrogens with zero attached hydrogens (tertiary/aromatic N) is 2. The van der Waals surface area contributed by atoms with Crippen molar-refractivity contribution in [2.75, 3.05) is 19.0 Å². The van der Waals surface area contributed by atoms with Crippen LogP contribution >= 0.6 is 0 Å². The van der Waals surface area contributed by atoms with Crippen molar-refractivity contribution in [1.82, 2.24) is 9.78 Å². The predicted molar refractivity (Wildman–Crippen MR) is 124 cm³/mol. The molecule has 1 amide bonds. The van der Waals surface area contributed by atoms with Crippen molar-refractivity contribution in [1.29, 1.82) is 0 Å². The van der Waals surface area contributed by atoms with E-state index in [0.29, 0.717) is 12.1 Å². The number of hydrogen-bond acceptors (Lipinski definition) is 5. The molecule has 0 bridgehead atoms. The van der Waals surface area contributed by atoms with Crippen molar-refractivity contribution in [3.8, 4) is 11.4 Å². The van der Waals surface area contributed by atoms with Gasteiger partial charge in [0.1, 0.15) is 5.75 Å². The molecule has 1 heterocycles. The minimum atomic E-state index is -4.55. The van der Waals surface area contributed by atoms with Crippen molar-refractivity contribution in [3.63, 3.8) is 0 Å². The Morgan fingerprint density at radius 3 is 2.37 bits per heavy atom. The van der Waals surface area contributed by atoms with Crippen LogP contribution in [0.3, 0.4) is 0 Å². The monoisotopic (exact) mass is 489 g/mol. The lowest BCUT2D eigenvalue weighted by molar-refractivity contribution is -0.140. The number of amides is 1. The zero-order valence-electron chi connectivity index (χ0n) is 19.8. The van der Waals surface area contributed by atoms with Gasteiger partial charge in [-0.3, -0.25) is 9.59 Å². The maximum Gasteiger partial charge on any atom is 0.416 e. The van der Waals surface area contributed by atoms with Crippen LogP contribution in [-0.4, -0.2) is 35.4 Å². The molecule has 0 saturated carbocycles. The summed E-state index contributed by atoms with van der Waals surface area (Å²) in [7, 11) is 1.34. The van der Waals surface area contributed by atoms with Gasteiger partial charge in [0.2, 0.25) is 0 Å². The number of nitrogens with one attached hydrogen (secondary N) is 1. The number of alkyl halides is 3. The lowest BCUT2D eigenvalue weighted by Gasteiger charge is -2.15. The van der Waals surface area contributed by atoms with Crippen LogP contribution in [-0.2, 0) is 22.1 Å². The highest BCUT2D eigenvalue weighted by molar-refractivity contribution is 6.05. The lowest BCUT2D eigenvalue weighted by atomic mass is 10.1. The molecule has 3 aromatic rings. The normalized spacial score (nSPS) is 11.3. The summed E-state index contributed by atoms with van der Waals surface area (Å²) < 4.78 is 51.2. The molecule has 1 N–H and O–H groups in total. The fourth-order valence-electron chi connectivity index (χ4n) is 3.65. The van der Waals surface area contributed by atoms with E-state index in [1.807, 2.05) is 13.8 Å².